The molecule has 0 saturated carbocycles. The van der Waals surface area contributed by atoms with Crippen LogP contribution in [0.15, 0.2) is 30.7 Å². The lowest BCUT2D eigenvalue weighted by atomic mass is 10.1. The van der Waals surface area contributed by atoms with E-state index in [0.717, 1.165) is 0 Å². The summed E-state index contributed by atoms with van der Waals surface area (Å²) in [5, 5.41) is 21.3. The molecule has 10 heteroatoms. The second-order valence-corrected chi connectivity index (χ2v) is 5.72. The summed E-state index contributed by atoms with van der Waals surface area (Å²) in [4.78, 5) is 31.6. The highest BCUT2D eigenvalue weighted by Gasteiger charge is 2.22. The summed E-state index contributed by atoms with van der Waals surface area (Å²) in [6.45, 7) is 3.59. The number of nitro benzene ring substituents is 1. The Hall–Kier alpha value is -3.53. The third-order valence-corrected chi connectivity index (χ3v) is 3.93. The van der Waals surface area contributed by atoms with Crippen molar-refractivity contribution in [2.45, 2.75) is 20.5 Å². The molecule has 0 saturated heterocycles. The Morgan fingerprint density at radius 3 is 2.68 bits per heavy atom. The van der Waals surface area contributed by atoms with Gasteiger partial charge in [0.05, 0.1) is 42.3 Å². The van der Waals surface area contributed by atoms with Crippen LogP contribution in [0.3, 0.4) is 0 Å². The van der Waals surface area contributed by atoms with Crippen LogP contribution in [0.2, 0.25) is 0 Å². The van der Waals surface area contributed by atoms with Gasteiger partial charge in [0.25, 0.3) is 5.69 Å². The number of pyridine rings is 1. The second kappa shape index (κ2) is 8.01. The van der Waals surface area contributed by atoms with Crippen molar-refractivity contribution in [1.29, 1.82) is 0 Å². The third-order valence-electron chi connectivity index (χ3n) is 3.93. The van der Waals surface area contributed by atoms with Gasteiger partial charge in [-0.05, 0) is 26.0 Å². The van der Waals surface area contributed by atoms with Crippen LogP contribution in [0.5, 0.6) is 5.88 Å². The highest BCUT2D eigenvalue weighted by atomic mass is 16.6. The number of benzene rings is 1. The van der Waals surface area contributed by atoms with Crippen LogP contribution >= 0.6 is 0 Å². The van der Waals surface area contributed by atoms with Crippen molar-refractivity contribution in [3.8, 4) is 11.6 Å². The molecule has 2 aromatic heterocycles. The van der Waals surface area contributed by atoms with E-state index in [0.29, 0.717) is 16.6 Å². The molecule has 0 aliphatic heterocycles. The van der Waals surface area contributed by atoms with E-state index in [-0.39, 0.29) is 42.6 Å². The number of hydrogen-bond acceptors (Lipinski definition) is 8. The Morgan fingerprint density at radius 1 is 1.29 bits per heavy atom. The maximum atomic E-state index is 12.3. The van der Waals surface area contributed by atoms with E-state index in [1.807, 2.05) is 0 Å². The molecular formula is C18H18N4O6. The normalized spacial score (nSPS) is 10.8. The third kappa shape index (κ3) is 3.62. The predicted octanol–water partition coefficient (Wildman–Crippen LogP) is 2.40. The van der Waals surface area contributed by atoms with Crippen LogP contribution in [0.4, 0.5) is 5.69 Å². The summed E-state index contributed by atoms with van der Waals surface area (Å²) < 4.78 is 11.9. The van der Waals surface area contributed by atoms with Gasteiger partial charge in [-0.25, -0.2) is 14.8 Å². The maximum absolute atomic E-state index is 12.3. The maximum Gasteiger partial charge on any atom is 0.343 e. The molecule has 3 aromatic rings. The summed E-state index contributed by atoms with van der Waals surface area (Å²) in [6.07, 6.45) is 2.86. The fourth-order valence-electron chi connectivity index (χ4n) is 2.71. The number of rotatable bonds is 7. The number of nitro groups is 1. The summed E-state index contributed by atoms with van der Waals surface area (Å²) in [6, 6.07) is 4.37. The Kier molecular flexibility index (Phi) is 5.50. The highest BCUT2D eigenvalue weighted by molar-refractivity contribution is 5.97. The fraction of sp³-hybridized carbons (Fsp3) is 0.278. The van der Waals surface area contributed by atoms with Gasteiger partial charge in [-0.1, -0.05) is 0 Å². The first kappa shape index (κ1) is 19.2. The number of imidazole rings is 1. The van der Waals surface area contributed by atoms with Gasteiger partial charge in [0.1, 0.15) is 11.3 Å². The van der Waals surface area contributed by atoms with Gasteiger partial charge in [-0.3, -0.25) is 14.7 Å². The van der Waals surface area contributed by atoms with E-state index in [9.17, 15) is 20.0 Å². The quantitative estimate of drug-likeness (QED) is 0.372. The smallest absolute Gasteiger partial charge is 0.343 e. The van der Waals surface area contributed by atoms with Crippen LogP contribution in [-0.4, -0.2) is 43.7 Å². The van der Waals surface area contributed by atoms with E-state index in [1.165, 1.54) is 35.3 Å². The lowest BCUT2D eigenvalue weighted by molar-refractivity contribution is -0.384. The van der Waals surface area contributed by atoms with Crippen molar-refractivity contribution in [2.75, 3.05) is 13.2 Å². The van der Waals surface area contributed by atoms with Crippen molar-refractivity contribution < 1.29 is 24.3 Å². The Balaban J connectivity index is 2.24. The first-order valence-electron chi connectivity index (χ1n) is 8.55. The Labute approximate surface area is 159 Å². The van der Waals surface area contributed by atoms with Crippen LogP contribution in [0.25, 0.3) is 16.6 Å². The number of ether oxygens (including phenoxy) is 2. The molecule has 10 nitrogen and oxygen atoms in total. The van der Waals surface area contributed by atoms with Gasteiger partial charge in [-0.2, -0.15) is 0 Å². The van der Waals surface area contributed by atoms with E-state index in [2.05, 4.69) is 9.97 Å². The van der Waals surface area contributed by atoms with E-state index in [1.54, 1.807) is 13.8 Å². The van der Waals surface area contributed by atoms with E-state index < -0.39 is 10.9 Å². The summed E-state index contributed by atoms with van der Waals surface area (Å²) in [5.74, 6) is -0.536. The molecule has 0 spiro atoms. The standard InChI is InChI=1S/C18H18N4O6/c1-3-27-17-13(18(24)28-4-2)5-11-6-15(21-8-12(9-23)19-10-21)16(22(25)26)7-14(11)20-17/h5-8,10,23H,3-4,9H2,1-2H3. The second-order valence-electron chi connectivity index (χ2n) is 5.72. The van der Waals surface area contributed by atoms with Crippen molar-refractivity contribution in [3.63, 3.8) is 0 Å². The Morgan fingerprint density at radius 2 is 2.07 bits per heavy atom. The molecule has 0 unspecified atom stereocenters. The van der Waals surface area contributed by atoms with Crippen LogP contribution in [-0.2, 0) is 11.3 Å². The van der Waals surface area contributed by atoms with Gasteiger partial charge in [0.2, 0.25) is 5.88 Å². The number of aromatic nitrogens is 3. The van der Waals surface area contributed by atoms with Gasteiger partial charge >= 0.3 is 5.97 Å². The molecule has 0 aliphatic carbocycles. The van der Waals surface area contributed by atoms with Crippen LogP contribution < -0.4 is 4.74 Å². The molecule has 2 heterocycles. The van der Waals surface area contributed by atoms with Crippen molar-refractivity contribution in [3.05, 3.63) is 52.1 Å². The minimum absolute atomic E-state index is 0.0562. The van der Waals surface area contributed by atoms with Gasteiger partial charge < -0.3 is 14.6 Å². The lowest BCUT2D eigenvalue weighted by Gasteiger charge is -2.11. The number of aliphatic hydroxyl groups is 1. The molecule has 0 aliphatic rings. The minimum Gasteiger partial charge on any atom is -0.477 e. The number of nitrogens with zero attached hydrogens (tertiary/aromatic N) is 4. The summed E-state index contributed by atoms with van der Waals surface area (Å²) >= 11 is 0. The average molecular weight is 386 g/mol. The molecule has 1 N–H and O–H groups in total. The number of hydrogen-bond donors (Lipinski definition) is 1. The van der Waals surface area contributed by atoms with Gasteiger partial charge in [0, 0.05) is 17.6 Å². The number of carbonyl (C=O) groups is 1. The fourth-order valence-corrected chi connectivity index (χ4v) is 2.71. The molecule has 0 atom stereocenters. The van der Waals surface area contributed by atoms with Crippen molar-refractivity contribution in [2.24, 2.45) is 0 Å². The number of esters is 1. The van der Waals surface area contributed by atoms with Crippen molar-refractivity contribution in [1.82, 2.24) is 14.5 Å². The first-order chi connectivity index (χ1) is 13.5. The monoisotopic (exact) mass is 386 g/mol. The van der Waals surface area contributed by atoms with Crippen LogP contribution in [0.1, 0.15) is 29.9 Å². The van der Waals surface area contributed by atoms with E-state index in [4.69, 9.17) is 9.47 Å². The molecule has 146 valence electrons. The van der Waals surface area contributed by atoms with Gasteiger partial charge in [0.15, 0.2) is 0 Å². The first-order valence-corrected chi connectivity index (χ1v) is 8.55. The number of carbonyl (C=O) groups excluding carboxylic acids is 1. The van der Waals surface area contributed by atoms with Crippen molar-refractivity contribution >= 4 is 22.6 Å². The number of fused-ring (bicyclic) bond motifs is 1. The van der Waals surface area contributed by atoms with Crippen LogP contribution in [0, 0.1) is 10.1 Å². The summed E-state index contributed by atoms with van der Waals surface area (Å²) in [5.41, 5.74) is 0.831. The molecule has 28 heavy (non-hydrogen) atoms. The minimum atomic E-state index is -0.592. The van der Waals surface area contributed by atoms with Gasteiger partial charge in [-0.15, -0.1) is 0 Å². The molecule has 3 rings (SSSR count). The lowest BCUT2D eigenvalue weighted by Crippen LogP contribution is -2.09. The average Bonchev–Trinajstić information content (AvgIpc) is 3.16. The zero-order valence-corrected chi connectivity index (χ0v) is 15.3. The largest absolute Gasteiger partial charge is 0.477 e. The zero-order valence-electron chi connectivity index (χ0n) is 15.3. The SMILES string of the molecule is CCOC(=O)c1cc2cc(-n3cnc(CO)c3)c([N+](=O)[O-])cc2nc1OCC. The highest BCUT2D eigenvalue weighted by Crippen LogP contribution is 2.31. The predicted molar refractivity (Wildman–Crippen MR) is 98.6 cm³/mol. The topological polar surface area (TPSA) is 130 Å². The molecular weight excluding hydrogens is 368 g/mol. The number of aliphatic hydroxyl groups excluding tert-OH is 1. The molecule has 0 amide bonds. The van der Waals surface area contributed by atoms with E-state index >= 15 is 0 Å². The molecule has 0 fully saturated rings. The molecule has 0 bridgehead atoms. The summed E-state index contributed by atoms with van der Waals surface area (Å²) in [7, 11) is 0. The molecule has 0 radical (unpaired) electrons. The zero-order chi connectivity index (χ0) is 20.3. The Bertz CT molecular complexity index is 1050. The molecule has 1 aromatic carbocycles.